The number of hydrogen-bond donors (Lipinski definition) is 2. The Kier molecular flexibility index (Phi) is 4.60. The minimum Gasteiger partial charge on any atom is -0.290 e. The highest BCUT2D eigenvalue weighted by atomic mass is 32.2. The molecule has 2 rings (SSSR count). The summed E-state index contributed by atoms with van der Waals surface area (Å²) >= 11 is 1.65. The fraction of sp³-hybridized carbons (Fsp3) is 0.133. The first-order valence-corrected chi connectivity index (χ1v) is 6.98. The van der Waals surface area contributed by atoms with Gasteiger partial charge in [-0.3, -0.25) is 10.2 Å². The molecule has 2 aromatic carbocycles. The Morgan fingerprint density at radius 1 is 1.16 bits per heavy atom. The summed E-state index contributed by atoms with van der Waals surface area (Å²) in [6, 6.07) is 15.8. The Balaban J connectivity index is 2.22. The third-order valence-corrected chi connectivity index (χ3v) is 4.12. The van der Waals surface area contributed by atoms with Gasteiger partial charge in [-0.25, -0.2) is 5.84 Å². The summed E-state index contributed by atoms with van der Waals surface area (Å²) in [5.41, 5.74) is 5.14. The third-order valence-electron chi connectivity index (χ3n) is 2.81. The van der Waals surface area contributed by atoms with Gasteiger partial charge in [0, 0.05) is 10.6 Å². The van der Waals surface area contributed by atoms with E-state index in [2.05, 4.69) is 17.6 Å². The molecule has 0 unspecified atom stereocenters. The minimum atomic E-state index is -0.251. The van der Waals surface area contributed by atoms with Gasteiger partial charge >= 0.3 is 0 Å². The molecule has 1 amide bonds. The van der Waals surface area contributed by atoms with Crippen LogP contribution in [0.3, 0.4) is 0 Å². The topological polar surface area (TPSA) is 55.1 Å². The number of nitrogens with one attached hydrogen (secondary N) is 1. The molecule has 0 aliphatic rings. The highest BCUT2D eigenvalue weighted by molar-refractivity contribution is 7.98. The van der Waals surface area contributed by atoms with Gasteiger partial charge in [0.25, 0.3) is 5.91 Å². The molecule has 0 saturated heterocycles. The Morgan fingerprint density at radius 3 is 2.58 bits per heavy atom. The first kappa shape index (κ1) is 13.6. The van der Waals surface area contributed by atoms with Gasteiger partial charge in [-0.15, -0.1) is 11.8 Å². The van der Waals surface area contributed by atoms with Crippen molar-refractivity contribution < 1.29 is 4.79 Å². The van der Waals surface area contributed by atoms with Gasteiger partial charge < -0.3 is 0 Å². The molecular weight excluding hydrogens is 256 g/mol. The van der Waals surface area contributed by atoms with Crippen LogP contribution in [0.4, 0.5) is 0 Å². The highest BCUT2D eigenvalue weighted by Crippen LogP contribution is 2.29. The summed E-state index contributed by atoms with van der Waals surface area (Å²) in [6.45, 7) is 2.00. The number of hydrazine groups is 1. The third kappa shape index (κ3) is 3.36. The molecule has 0 bridgehead atoms. The first-order valence-electron chi connectivity index (χ1n) is 5.99. The summed E-state index contributed by atoms with van der Waals surface area (Å²) in [4.78, 5) is 12.7. The van der Waals surface area contributed by atoms with Gasteiger partial charge in [0.05, 0.1) is 5.56 Å². The van der Waals surface area contributed by atoms with Crippen LogP contribution in [0.15, 0.2) is 53.4 Å². The Morgan fingerprint density at radius 2 is 1.89 bits per heavy atom. The predicted octanol–water partition coefficient (Wildman–Crippen LogP) is 2.89. The normalized spacial score (nSPS) is 10.2. The minimum absolute atomic E-state index is 0.251. The molecule has 3 nitrogen and oxygen atoms in total. The van der Waals surface area contributed by atoms with Crippen molar-refractivity contribution in [2.24, 2.45) is 5.84 Å². The van der Waals surface area contributed by atoms with E-state index in [1.165, 1.54) is 5.56 Å². The van der Waals surface area contributed by atoms with Crippen LogP contribution in [0.2, 0.25) is 0 Å². The first-order chi connectivity index (χ1) is 9.22. The number of aryl methyl sites for hydroxylation is 1. The Bertz CT molecular complexity index is 570. The fourth-order valence-electron chi connectivity index (χ4n) is 1.83. The van der Waals surface area contributed by atoms with Crippen LogP contribution in [-0.2, 0) is 5.75 Å². The Labute approximate surface area is 117 Å². The van der Waals surface area contributed by atoms with Crippen LogP contribution in [0.25, 0.3) is 0 Å². The quantitative estimate of drug-likeness (QED) is 0.389. The zero-order chi connectivity index (χ0) is 13.7. The van der Waals surface area contributed by atoms with Crippen LogP contribution in [0.1, 0.15) is 21.5 Å². The van der Waals surface area contributed by atoms with Crippen LogP contribution in [-0.4, -0.2) is 5.91 Å². The van der Waals surface area contributed by atoms with Crippen molar-refractivity contribution in [1.82, 2.24) is 5.43 Å². The van der Waals surface area contributed by atoms with E-state index in [-0.39, 0.29) is 5.91 Å². The standard InChI is InChI=1S/C15H16N2OS/c1-11-6-5-9-13(15(18)17-16)14(11)19-10-12-7-3-2-4-8-12/h2-9H,10,16H2,1H3,(H,17,18). The maximum atomic E-state index is 11.7. The van der Waals surface area contributed by atoms with Crippen LogP contribution < -0.4 is 11.3 Å². The van der Waals surface area contributed by atoms with E-state index in [1.807, 2.05) is 37.3 Å². The number of nitrogen functional groups attached to an aromatic ring is 1. The lowest BCUT2D eigenvalue weighted by Crippen LogP contribution is -2.30. The summed E-state index contributed by atoms with van der Waals surface area (Å²) in [5.74, 6) is 5.80. The number of carbonyl (C=O) groups excluding carboxylic acids is 1. The lowest BCUT2D eigenvalue weighted by Gasteiger charge is -2.11. The van der Waals surface area contributed by atoms with Gasteiger partial charge in [0.15, 0.2) is 0 Å². The summed E-state index contributed by atoms with van der Waals surface area (Å²) in [6.07, 6.45) is 0. The molecule has 2 aromatic rings. The van der Waals surface area contributed by atoms with Crippen molar-refractivity contribution in [1.29, 1.82) is 0 Å². The van der Waals surface area contributed by atoms with E-state index in [0.29, 0.717) is 5.56 Å². The lowest BCUT2D eigenvalue weighted by molar-refractivity contribution is 0.0950. The fourth-order valence-corrected chi connectivity index (χ4v) is 2.95. The molecule has 3 N–H and O–H groups in total. The highest BCUT2D eigenvalue weighted by Gasteiger charge is 2.12. The summed E-state index contributed by atoms with van der Waals surface area (Å²) in [5, 5.41) is 0. The van der Waals surface area contributed by atoms with E-state index in [1.54, 1.807) is 17.8 Å². The van der Waals surface area contributed by atoms with Gasteiger partial charge in [0.1, 0.15) is 0 Å². The van der Waals surface area contributed by atoms with Crippen molar-refractivity contribution in [2.45, 2.75) is 17.6 Å². The molecule has 0 spiro atoms. The van der Waals surface area contributed by atoms with Crippen molar-refractivity contribution >= 4 is 17.7 Å². The zero-order valence-corrected chi connectivity index (χ0v) is 11.5. The average molecular weight is 272 g/mol. The molecule has 19 heavy (non-hydrogen) atoms. The van der Waals surface area contributed by atoms with Crippen molar-refractivity contribution in [3.05, 3.63) is 65.2 Å². The van der Waals surface area contributed by atoms with Crippen molar-refractivity contribution in [3.63, 3.8) is 0 Å². The summed E-state index contributed by atoms with van der Waals surface area (Å²) < 4.78 is 0. The van der Waals surface area contributed by atoms with Crippen LogP contribution in [0, 0.1) is 6.92 Å². The number of carbonyl (C=O) groups is 1. The van der Waals surface area contributed by atoms with Crippen molar-refractivity contribution in [3.8, 4) is 0 Å². The number of rotatable bonds is 4. The van der Waals surface area contributed by atoms with Gasteiger partial charge in [-0.1, -0.05) is 42.5 Å². The number of thioether (sulfide) groups is 1. The van der Waals surface area contributed by atoms with E-state index < -0.39 is 0 Å². The van der Waals surface area contributed by atoms with Gasteiger partial charge in [0.2, 0.25) is 0 Å². The number of hydrogen-bond acceptors (Lipinski definition) is 3. The molecule has 0 aliphatic carbocycles. The largest absolute Gasteiger partial charge is 0.290 e. The molecule has 0 aliphatic heterocycles. The number of benzene rings is 2. The number of amides is 1. The van der Waals surface area contributed by atoms with Crippen molar-refractivity contribution in [2.75, 3.05) is 0 Å². The monoisotopic (exact) mass is 272 g/mol. The van der Waals surface area contributed by atoms with Gasteiger partial charge in [-0.05, 0) is 24.1 Å². The second-order valence-electron chi connectivity index (χ2n) is 4.20. The summed E-state index contributed by atoms with van der Waals surface area (Å²) in [7, 11) is 0. The predicted molar refractivity (Wildman–Crippen MR) is 78.8 cm³/mol. The molecule has 0 radical (unpaired) electrons. The average Bonchev–Trinajstić information content (AvgIpc) is 2.46. The maximum Gasteiger partial charge on any atom is 0.266 e. The molecule has 0 fully saturated rings. The molecular formula is C15H16N2OS. The molecule has 4 heteroatoms. The number of nitrogens with two attached hydrogens (primary N) is 1. The van der Waals surface area contributed by atoms with Crippen LogP contribution >= 0.6 is 11.8 Å². The van der Waals surface area contributed by atoms with E-state index in [9.17, 15) is 4.79 Å². The molecule has 0 heterocycles. The van der Waals surface area contributed by atoms with Crippen LogP contribution in [0.5, 0.6) is 0 Å². The smallest absolute Gasteiger partial charge is 0.266 e. The SMILES string of the molecule is Cc1cccc(C(=O)NN)c1SCc1ccccc1. The molecule has 0 atom stereocenters. The Hall–Kier alpha value is -1.78. The molecule has 0 saturated carbocycles. The molecule has 98 valence electrons. The second kappa shape index (κ2) is 6.41. The van der Waals surface area contributed by atoms with E-state index in [4.69, 9.17) is 5.84 Å². The lowest BCUT2D eigenvalue weighted by atomic mass is 10.1. The van der Waals surface area contributed by atoms with Gasteiger partial charge in [-0.2, -0.15) is 0 Å². The second-order valence-corrected chi connectivity index (χ2v) is 5.18. The zero-order valence-electron chi connectivity index (χ0n) is 10.7. The van der Waals surface area contributed by atoms with E-state index in [0.717, 1.165) is 16.2 Å². The van der Waals surface area contributed by atoms with E-state index >= 15 is 0 Å². The molecule has 0 aromatic heterocycles. The maximum absolute atomic E-state index is 11.7.